The summed E-state index contributed by atoms with van der Waals surface area (Å²) in [6.07, 6.45) is 5.06. The second-order valence-corrected chi connectivity index (χ2v) is 5.40. The molecular formula is C13H16BrF2N. The summed E-state index contributed by atoms with van der Waals surface area (Å²) in [4.78, 5) is 0. The molecule has 0 heterocycles. The summed E-state index contributed by atoms with van der Waals surface area (Å²) in [6, 6.07) is 3.21. The van der Waals surface area contributed by atoms with Gasteiger partial charge < -0.3 is 5.32 Å². The molecule has 0 bridgehead atoms. The fraction of sp³-hybridized carbons (Fsp3) is 0.538. The van der Waals surface area contributed by atoms with Crippen LogP contribution in [0.1, 0.15) is 31.2 Å². The Bertz CT molecular complexity index is 391. The Morgan fingerprint density at radius 2 is 1.94 bits per heavy atom. The quantitative estimate of drug-likeness (QED) is 0.622. The molecule has 0 aliphatic heterocycles. The number of benzene rings is 1. The second kappa shape index (κ2) is 5.91. The van der Waals surface area contributed by atoms with Gasteiger partial charge in [-0.2, -0.15) is 0 Å². The van der Waals surface area contributed by atoms with Gasteiger partial charge in [-0.3, -0.25) is 0 Å². The molecule has 17 heavy (non-hydrogen) atoms. The monoisotopic (exact) mass is 303 g/mol. The van der Waals surface area contributed by atoms with Crippen molar-refractivity contribution >= 4 is 15.9 Å². The van der Waals surface area contributed by atoms with Crippen LogP contribution in [0.25, 0.3) is 0 Å². The highest BCUT2D eigenvalue weighted by molar-refractivity contribution is 9.10. The van der Waals surface area contributed by atoms with Gasteiger partial charge in [-0.1, -0.05) is 0 Å². The molecule has 0 radical (unpaired) electrons. The molecule has 1 saturated carbocycles. The van der Waals surface area contributed by atoms with Crippen molar-refractivity contribution in [1.82, 2.24) is 5.32 Å². The van der Waals surface area contributed by atoms with Gasteiger partial charge in [0, 0.05) is 6.04 Å². The van der Waals surface area contributed by atoms with E-state index in [0.717, 1.165) is 25.4 Å². The third kappa shape index (κ3) is 4.03. The van der Waals surface area contributed by atoms with E-state index in [-0.39, 0.29) is 10.3 Å². The topological polar surface area (TPSA) is 12.0 Å². The second-order valence-electron chi connectivity index (χ2n) is 4.54. The molecule has 2 rings (SSSR count). The summed E-state index contributed by atoms with van der Waals surface area (Å²) < 4.78 is 26.9. The van der Waals surface area contributed by atoms with Crippen LogP contribution in [0.4, 0.5) is 8.78 Å². The number of hydrogen-bond donors (Lipinski definition) is 1. The Morgan fingerprint density at radius 1 is 1.18 bits per heavy atom. The van der Waals surface area contributed by atoms with Gasteiger partial charge >= 0.3 is 0 Å². The molecule has 0 atom stereocenters. The summed E-state index contributed by atoms with van der Waals surface area (Å²) in [5.74, 6) is -0.717. The van der Waals surface area contributed by atoms with Crippen LogP contribution in [0.5, 0.6) is 0 Å². The predicted molar refractivity (Wildman–Crippen MR) is 68.0 cm³/mol. The van der Waals surface area contributed by atoms with Crippen LogP contribution in [0, 0.1) is 11.6 Å². The van der Waals surface area contributed by atoms with Gasteiger partial charge in [-0.15, -0.1) is 0 Å². The number of unbranched alkanes of at least 4 members (excludes halogenated alkanes) is 1. The molecule has 1 nitrogen and oxygen atoms in total. The Kier molecular flexibility index (Phi) is 4.51. The van der Waals surface area contributed by atoms with E-state index in [9.17, 15) is 8.78 Å². The maximum absolute atomic E-state index is 13.5. The molecule has 1 N–H and O–H groups in total. The van der Waals surface area contributed by atoms with Gasteiger partial charge in [-0.05, 0) is 72.3 Å². The molecule has 0 unspecified atom stereocenters. The largest absolute Gasteiger partial charge is 0.314 e. The molecule has 1 fully saturated rings. The summed E-state index contributed by atoms with van der Waals surface area (Å²) in [6.45, 7) is 0.977. The van der Waals surface area contributed by atoms with Crippen LogP contribution < -0.4 is 5.32 Å². The molecular weight excluding hydrogens is 288 g/mol. The van der Waals surface area contributed by atoms with Crippen LogP contribution in [-0.2, 0) is 6.42 Å². The Morgan fingerprint density at radius 3 is 2.65 bits per heavy atom. The van der Waals surface area contributed by atoms with Crippen molar-refractivity contribution in [1.29, 1.82) is 0 Å². The zero-order chi connectivity index (χ0) is 12.3. The predicted octanol–water partition coefficient (Wildman–Crippen LogP) is 3.80. The molecule has 1 aliphatic rings. The maximum Gasteiger partial charge on any atom is 0.137 e. The molecule has 1 aromatic carbocycles. The molecule has 0 amide bonds. The minimum atomic E-state index is -0.391. The maximum atomic E-state index is 13.5. The zero-order valence-electron chi connectivity index (χ0n) is 9.61. The van der Waals surface area contributed by atoms with Crippen LogP contribution >= 0.6 is 15.9 Å². The van der Waals surface area contributed by atoms with Gasteiger partial charge in [0.05, 0.1) is 4.47 Å². The summed E-state index contributed by atoms with van der Waals surface area (Å²) in [5.41, 5.74) is 0.470. The average Bonchev–Trinajstić information content (AvgIpc) is 3.08. The van der Waals surface area contributed by atoms with Crippen LogP contribution in [0.15, 0.2) is 16.6 Å². The first-order chi connectivity index (χ1) is 8.16. The van der Waals surface area contributed by atoms with E-state index in [1.807, 2.05) is 0 Å². The molecule has 1 aliphatic carbocycles. The average molecular weight is 304 g/mol. The highest BCUT2D eigenvalue weighted by Crippen LogP contribution is 2.21. The normalized spacial score (nSPS) is 15.2. The number of aryl methyl sites for hydroxylation is 1. The molecule has 94 valence electrons. The van der Waals surface area contributed by atoms with Crippen LogP contribution in [0.2, 0.25) is 0 Å². The molecule has 0 spiro atoms. The van der Waals surface area contributed by atoms with E-state index in [4.69, 9.17) is 0 Å². The van der Waals surface area contributed by atoms with Gasteiger partial charge in [0.2, 0.25) is 0 Å². The lowest BCUT2D eigenvalue weighted by Crippen LogP contribution is -2.17. The Labute approximate surface area is 109 Å². The minimum Gasteiger partial charge on any atom is -0.314 e. The number of rotatable bonds is 6. The smallest absolute Gasteiger partial charge is 0.137 e. The van der Waals surface area contributed by atoms with Gasteiger partial charge in [0.15, 0.2) is 0 Å². The first-order valence-corrected chi connectivity index (χ1v) is 6.83. The third-order valence-electron chi connectivity index (χ3n) is 2.97. The Balaban J connectivity index is 1.75. The lowest BCUT2D eigenvalue weighted by Gasteiger charge is -2.05. The minimum absolute atomic E-state index is 0.189. The van der Waals surface area contributed by atoms with Gasteiger partial charge in [0.25, 0.3) is 0 Å². The van der Waals surface area contributed by atoms with E-state index in [1.54, 1.807) is 0 Å². The van der Waals surface area contributed by atoms with Crippen molar-refractivity contribution in [3.05, 3.63) is 33.8 Å². The molecule has 1 aromatic rings. The van der Waals surface area contributed by atoms with Gasteiger partial charge in [-0.25, -0.2) is 8.78 Å². The van der Waals surface area contributed by atoms with Crippen molar-refractivity contribution in [2.75, 3.05) is 6.54 Å². The van der Waals surface area contributed by atoms with Crippen molar-refractivity contribution in [2.45, 2.75) is 38.1 Å². The zero-order valence-corrected chi connectivity index (χ0v) is 11.2. The molecule has 4 heteroatoms. The third-order valence-corrected chi connectivity index (χ3v) is 3.58. The molecule has 0 saturated heterocycles. The van der Waals surface area contributed by atoms with Crippen molar-refractivity contribution in [2.24, 2.45) is 0 Å². The number of nitrogens with one attached hydrogen (secondary N) is 1. The lowest BCUT2D eigenvalue weighted by molar-refractivity contribution is 0.567. The van der Waals surface area contributed by atoms with Gasteiger partial charge in [0.1, 0.15) is 11.6 Å². The highest BCUT2D eigenvalue weighted by Gasteiger charge is 2.19. The standard InChI is InChI=1S/C13H16BrF2N/c14-11-8-12(15)9(7-13(11)16)3-1-2-6-17-10-4-5-10/h7-8,10,17H,1-6H2. The highest BCUT2D eigenvalue weighted by atomic mass is 79.9. The SMILES string of the molecule is Fc1cc(CCCCNC2CC2)c(F)cc1Br. The van der Waals surface area contributed by atoms with E-state index in [0.29, 0.717) is 12.0 Å². The summed E-state index contributed by atoms with van der Waals surface area (Å²) in [7, 11) is 0. The summed E-state index contributed by atoms with van der Waals surface area (Å²) >= 11 is 2.97. The fourth-order valence-corrected chi connectivity index (χ4v) is 2.10. The van der Waals surface area contributed by atoms with Crippen molar-refractivity contribution in [3.63, 3.8) is 0 Å². The lowest BCUT2D eigenvalue weighted by atomic mass is 10.1. The van der Waals surface area contributed by atoms with E-state index in [1.165, 1.54) is 25.0 Å². The molecule has 0 aromatic heterocycles. The van der Waals surface area contributed by atoms with E-state index >= 15 is 0 Å². The fourth-order valence-electron chi connectivity index (χ4n) is 1.79. The summed E-state index contributed by atoms with van der Waals surface area (Å²) in [5, 5.41) is 3.40. The number of hydrogen-bond acceptors (Lipinski definition) is 1. The van der Waals surface area contributed by atoms with Crippen LogP contribution in [-0.4, -0.2) is 12.6 Å². The first kappa shape index (κ1) is 13.0. The first-order valence-electron chi connectivity index (χ1n) is 6.03. The number of halogens is 3. The Hall–Kier alpha value is -0.480. The van der Waals surface area contributed by atoms with Crippen molar-refractivity contribution in [3.8, 4) is 0 Å². The van der Waals surface area contributed by atoms with Crippen LogP contribution in [0.3, 0.4) is 0 Å². The van der Waals surface area contributed by atoms with E-state index in [2.05, 4.69) is 21.2 Å². The van der Waals surface area contributed by atoms with E-state index < -0.39 is 5.82 Å². The van der Waals surface area contributed by atoms with Crippen molar-refractivity contribution < 1.29 is 8.78 Å².